The van der Waals surface area contributed by atoms with Crippen LogP contribution in [-0.4, -0.2) is 6.04 Å². The molecule has 0 spiro atoms. The lowest BCUT2D eigenvalue weighted by Gasteiger charge is -2.33. The van der Waals surface area contributed by atoms with Crippen LogP contribution in [0.15, 0.2) is 30.3 Å². The largest absolute Gasteiger partial charge is 0.307 e. The van der Waals surface area contributed by atoms with E-state index in [-0.39, 0.29) is 0 Å². The van der Waals surface area contributed by atoms with Crippen LogP contribution in [-0.2, 0) is 0 Å². The quantitative estimate of drug-likeness (QED) is 0.698. The highest BCUT2D eigenvalue weighted by atomic mass is 15.0. The van der Waals surface area contributed by atoms with E-state index in [1.807, 2.05) is 0 Å². The fraction of sp³-hybridized carbons (Fsp3) is 0.700. The van der Waals surface area contributed by atoms with Crippen LogP contribution >= 0.6 is 0 Å². The maximum Gasteiger partial charge on any atom is 0.0327 e. The summed E-state index contributed by atoms with van der Waals surface area (Å²) in [5, 5.41) is 4.02. The molecule has 0 radical (unpaired) electrons. The fourth-order valence-electron chi connectivity index (χ4n) is 3.57. The Balaban J connectivity index is 2.11. The summed E-state index contributed by atoms with van der Waals surface area (Å²) in [5.74, 6) is 0.804. The molecule has 2 rings (SSSR count). The third-order valence-corrected chi connectivity index (χ3v) is 4.80. The predicted octanol–water partition coefficient (Wildman–Crippen LogP) is 5.72. The van der Waals surface area contributed by atoms with Gasteiger partial charge < -0.3 is 5.32 Å². The molecule has 0 heterocycles. The van der Waals surface area contributed by atoms with E-state index in [2.05, 4.69) is 63.3 Å². The highest BCUT2D eigenvalue weighted by Crippen LogP contribution is 2.32. The third-order valence-electron chi connectivity index (χ3n) is 4.80. The highest BCUT2D eigenvalue weighted by molar-refractivity contribution is 5.19. The molecule has 0 saturated heterocycles. The molecular formula is C20H33N. The molecule has 3 atom stereocenters. The molecule has 21 heavy (non-hydrogen) atoms. The van der Waals surface area contributed by atoms with E-state index in [0.29, 0.717) is 17.5 Å². The summed E-state index contributed by atoms with van der Waals surface area (Å²) in [6, 6.07) is 12.2. The van der Waals surface area contributed by atoms with Crippen molar-refractivity contribution in [3.05, 3.63) is 35.9 Å². The van der Waals surface area contributed by atoms with Crippen LogP contribution in [0.25, 0.3) is 0 Å². The Kier molecular flexibility index (Phi) is 5.87. The molecule has 3 unspecified atom stereocenters. The number of nitrogens with one attached hydrogen (secondary N) is 1. The molecule has 0 aliphatic heterocycles. The first-order valence-corrected chi connectivity index (χ1v) is 8.77. The first-order chi connectivity index (χ1) is 9.96. The molecule has 1 aromatic rings. The number of benzene rings is 1. The van der Waals surface area contributed by atoms with Crippen LogP contribution in [0.1, 0.15) is 77.8 Å². The van der Waals surface area contributed by atoms with Gasteiger partial charge in [-0.05, 0) is 36.2 Å². The van der Waals surface area contributed by atoms with Crippen molar-refractivity contribution < 1.29 is 0 Å². The van der Waals surface area contributed by atoms with Crippen LogP contribution in [0.4, 0.5) is 0 Å². The normalized spacial score (nSPS) is 25.3. The van der Waals surface area contributed by atoms with Crippen molar-refractivity contribution in [2.45, 2.75) is 78.3 Å². The molecule has 118 valence electrons. The Labute approximate surface area is 131 Å². The van der Waals surface area contributed by atoms with Gasteiger partial charge >= 0.3 is 0 Å². The van der Waals surface area contributed by atoms with E-state index < -0.39 is 0 Å². The van der Waals surface area contributed by atoms with Gasteiger partial charge in [0.15, 0.2) is 0 Å². The minimum atomic E-state index is 0.349. The minimum absolute atomic E-state index is 0.349. The second-order valence-corrected chi connectivity index (χ2v) is 8.12. The van der Waals surface area contributed by atoms with E-state index >= 15 is 0 Å². The fourth-order valence-corrected chi connectivity index (χ4v) is 3.57. The van der Waals surface area contributed by atoms with Gasteiger partial charge in [-0.1, -0.05) is 77.3 Å². The maximum atomic E-state index is 4.02. The van der Waals surface area contributed by atoms with E-state index in [4.69, 9.17) is 0 Å². The van der Waals surface area contributed by atoms with Crippen LogP contribution in [0.5, 0.6) is 0 Å². The number of rotatable bonds is 4. The molecule has 1 aromatic carbocycles. The molecule has 1 aliphatic rings. The lowest BCUT2D eigenvalue weighted by molar-refractivity contribution is 0.258. The van der Waals surface area contributed by atoms with Crippen LogP contribution < -0.4 is 5.32 Å². The highest BCUT2D eigenvalue weighted by Gasteiger charge is 2.26. The Hall–Kier alpha value is -0.820. The Morgan fingerprint density at radius 1 is 1.05 bits per heavy atom. The zero-order chi connectivity index (χ0) is 15.3. The Morgan fingerprint density at radius 2 is 1.71 bits per heavy atom. The molecule has 0 bridgehead atoms. The Morgan fingerprint density at radius 3 is 2.38 bits per heavy atom. The second kappa shape index (κ2) is 7.45. The lowest BCUT2D eigenvalue weighted by atomic mass is 9.84. The molecule has 0 aromatic heterocycles. The van der Waals surface area contributed by atoms with Gasteiger partial charge in [0.2, 0.25) is 0 Å². The average Bonchev–Trinajstić information content (AvgIpc) is 2.63. The molecule has 1 aliphatic carbocycles. The SMILES string of the molecule is CC1CCCCCC1NC(CC(C)(C)C)c1ccccc1. The second-order valence-electron chi connectivity index (χ2n) is 8.12. The third kappa shape index (κ3) is 5.47. The monoisotopic (exact) mass is 287 g/mol. The van der Waals surface area contributed by atoms with Crippen LogP contribution in [0.3, 0.4) is 0 Å². The molecule has 1 heteroatoms. The van der Waals surface area contributed by atoms with Gasteiger partial charge in [0.05, 0.1) is 0 Å². The van der Waals surface area contributed by atoms with Gasteiger partial charge in [0, 0.05) is 12.1 Å². The number of hydrogen-bond acceptors (Lipinski definition) is 1. The molecule has 1 saturated carbocycles. The van der Waals surface area contributed by atoms with E-state index in [1.54, 1.807) is 0 Å². The summed E-state index contributed by atoms with van der Waals surface area (Å²) in [6.07, 6.45) is 8.13. The van der Waals surface area contributed by atoms with Gasteiger partial charge in [0.25, 0.3) is 0 Å². The standard InChI is InChI=1S/C20H33N/c1-16-11-7-5-10-14-18(16)21-19(15-20(2,3)4)17-12-8-6-9-13-17/h6,8-9,12-13,16,18-19,21H,5,7,10-11,14-15H2,1-4H3. The first-order valence-electron chi connectivity index (χ1n) is 8.77. The number of hydrogen-bond donors (Lipinski definition) is 1. The van der Waals surface area contributed by atoms with E-state index in [1.165, 1.54) is 44.1 Å². The van der Waals surface area contributed by atoms with Crippen LogP contribution in [0.2, 0.25) is 0 Å². The summed E-state index contributed by atoms with van der Waals surface area (Å²) < 4.78 is 0. The Bertz CT molecular complexity index is 404. The van der Waals surface area contributed by atoms with Crippen LogP contribution in [0, 0.1) is 11.3 Å². The van der Waals surface area contributed by atoms with Gasteiger partial charge in [0.1, 0.15) is 0 Å². The van der Waals surface area contributed by atoms with E-state index in [9.17, 15) is 0 Å². The van der Waals surface area contributed by atoms with Crippen molar-refractivity contribution in [2.24, 2.45) is 11.3 Å². The van der Waals surface area contributed by atoms with Gasteiger partial charge in [-0.3, -0.25) is 0 Å². The molecule has 1 fully saturated rings. The minimum Gasteiger partial charge on any atom is -0.307 e. The van der Waals surface area contributed by atoms with Gasteiger partial charge in [-0.2, -0.15) is 0 Å². The van der Waals surface area contributed by atoms with Crippen molar-refractivity contribution in [3.63, 3.8) is 0 Å². The summed E-state index contributed by atoms with van der Waals surface area (Å²) >= 11 is 0. The molecule has 0 amide bonds. The zero-order valence-corrected chi connectivity index (χ0v) is 14.4. The molecule has 1 N–H and O–H groups in total. The van der Waals surface area contributed by atoms with Crippen molar-refractivity contribution in [1.29, 1.82) is 0 Å². The lowest BCUT2D eigenvalue weighted by Crippen LogP contribution is -2.38. The summed E-state index contributed by atoms with van der Waals surface area (Å²) in [4.78, 5) is 0. The van der Waals surface area contributed by atoms with E-state index in [0.717, 1.165) is 5.92 Å². The topological polar surface area (TPSA) is 12.0 Å². The average molecular weight is 287 g/mol. The first kappa shape index (κ1) is 16.5. The van der Waals surface area contributed by atoms with Crippen molar-refractivity contribution >= 4 is 0 Å². The van der Waals surface area contributed by atoms with Crippen molar-refractivity contribution in [1.82, 2.24) is 5.32 Å². The molecule has 1 nitrogen and oxygen atoms in total. The molecular weight excluding hydrogens is 254 g/mol. The summed E-state index contributed by atoms with van der Waals surface area (Å²) in [6.45, 7) is 9.48. The zero-order valence-electron chi connectivity index (χ0n) is 14.4. The summed E-state index contributed by atoms with van der Waals surface area (Å²) in [5.41, 5.74) is 1.80. The van der Waals surface area contributed by atoms with Gasteiger partial charge in [-0.25, -0.2) is 0 Å². The van der Waals surface area contributed by atoms with Crippen molar-refractivity contribution in [2.75, 3.05) is 0 Å². The van der Waals surface area contributed by atoms with Gasteiger partial charge in [-0.15, -0.1) is 0 Å². The summed E-state index contributed by atoms with van der Waals surface area (Å²) in [7, 11) is 0. The maximum absolute atomic E-state index is 4.02. The smallest absolute Gasteiger partial charge is 0.0327 e. The van der Waals surface area contributed by atoms with Crippen molar-refractivity contribution in [3.8, 4) is 0 Å². The predicted molar refractivity (Wildman–Crippen MR) is 92.4 cm³/mol.